The molecule has 0 radical (unpaired) electrons. The summed E-state index contributed by atoms with van der Waals surface area (Å²) in [6, 6.07) is 16.9. The normalized spacial score (nSPS) is 11.3. The van der Waals surface area contributed by atoms with Crippen molar-refractivity contribution < 1.29 is 4.74 Å². The van der Waals surface area contributed by atoms with Crippen molar-refractivity contribution in [3.05, 3.63) is 59.7 Å². The molecule has 0 aliphatic carbocycles. The molecule has 0 amide bonds. The third kappa shape index (κ3) is 2.28. The quantitative estimate of drug-likeness (QED) is 0.470. The van der Waals surface area contributed by atoms with E-state index in [9.17, 15) is 0 Å². The largest absolute Gasteiger partial charge is 0.495 e. The van der Waals surface area contributed by atoms with Gasteiger partial charge >= 0.3 is 0 Å². The number of fused-ring (bicyclic) bond motifs is 2. The lowest BCUT2D eigenvalue weighted by Crippen LogP contribution is -1.89. The molecule has 0 fully saturated rings. The van der Waals surface area contributed by atoms with Crippen molar-refractivity contribution >= 4 is 32.3 Å². The van der Waals surface area contributed by atoms with Crippen LogP contribution >= 0.6 is 11.3 Å². The number of ether oxygens (including phenoxy) is 1. The van der Waals surface area contributed by atoms with E-state index in [1.54, 1.807) is 18.4 Å². The van der Waals surface area contributed by atoms with E-state index < -0.39 is 0 Å². The van der Waals surface area contributed by atoms with Crippen LogP contribution in [-0.4, -0.2) is 12.1 Å². The second kappa shape index (κ2) is 5.36. The van der Waals surface area contributed by atoms with Crippen LogP contribution in [0.5, 0.6) is 5.75 Å². The van der Waals surface area contributed by atoms with Crippen molar-refractivity contribution in [3.8, 4) is 16.3 Å². The van der Waals surface area contributed by atoms with Gasteiger partial charge in [0, 0.05) is 5.39 Å². The molecule has 23 heavy (non-hydrogen) atoms. The monoisotopic (exact) mass is 319 g/mol. The van der Waals surface area contributed by atoms with Crippen LogP contribution in [0.3, 0.4) is 0 Å². The molecule has 1 aromatic heterocycles. The Morgan fingerprint density at radius 3 is 2.57 bits per heavy atom. The highest BCUT2D eigenvalue weighted by atomic mass is 32.1. The highest BCUT2D eigenvalue weighted by molar-refractivity contribution is 7.21. The first kappa shape index (κ1) is 14.2. The molecular formula is C20H17NOS. The average molecular weight is 319 g/mol. The summed E-state index contributed by atoms with van der Waals surface area (Å²) in [6.07, 6.45) is 0. The number of rotatable bonds is 2. The third-order valence-corrected chi connectivity index (χ3v) is 5.37. The number of thiazole rings is 1. The molecule has 0 atom stereocenters. The number of aromatic nitrogens is 1. The van der Waals surface area contributed by atoms with E-state index in [0.29, 0.717) is 0 Å². The summed E-state index contributed by atoms with van der Waals surface area (Å²) in [5.41, 5.74) is 4.70. The van der Waals surface area contributed by atoms with E-state index in [1.807, 2.05) is 12.1 Å². The smallest absolute Gasteiger partial charge is 0.136 e. The van der Waals surface area contributed by atoms with Crippen molar-refractivity contribution in [1.29, 1.82) is 0 Å². The fourth-order valence-electron chi connectivity index (χ4n) is 2.93. The summed E-state index contributed by atoms with van der Waals surface area (Å²) in [4.78, 5) is 4.84. The van der Waals surface area contributed by atoms with Gasteiger partial charge in [0.1, 0.15) is 10.8 Å². The molecule has 0 spiro atoms. The Morgan fingerprint density at radius 2 is 1.74 bits per heavy atom. The molecule has 0 aliphatic rings. The second-order valence-electron chi connectivity index (χ2n) is 5.79. The Labute approximate surface area is 139 Å². The SMILES string of the molecule is COc1c(-c2nc3cc(C)c(C)cc3s2)ccc2ccccc12. The van der Waals surface area contributed by atoms with Crippen LogP contribution in [0, 0.1) is 13.8 Å². The molecule has 4 aromatic rings. The van der Waals surface area contributed by atoms with Crippen LogP contribution < -0.4 is 4.74 Å². The molecule has 0 unspecified atom stereocenters. The lowest BCUT2D eigenvalue weighted by atomic mass is 10.1. The van der Waals surface area contributed by atoms with Gasteiger partial charge < -0.3 is 4.74 Å². The molecular weight excluding hydrogens is 302 g/mol. The maximum atomic E-state index is 5.72. The summed E-state index contributed by atoms with van der Waals surface area (Å²) in [6.45, 7) is 4.27. The van der Waals surface area contributed by atoms with Gasteiger partial charge in [0.25, 0.3) is 0 Å². The number of hydrogen-bond donors (Lipinski definition) is 0. The Balaban J connectivity index is 1.98. The zero-order chi connectivity index (χ0) is 16.0. The first-order valence-electron chi connectivity index (χ1n) is 7.61. The highest BCUT2D eigenvalue weighted by Crippen LogP contribution is 2.40. The van der Waals surface area contributed by atoms with Gasteiger partial charge in [-0.3, -0.25) is 0 Å². The fraction of sp³-hybridized carbons (Fsp3) is 0.150. The fourth-order valence-corrected chi connectivity index (χ4v) is 3.99. The van der Waals surface area contributed by atoms with E-state index in [4.69, 9.17) is 9.72 Å². The number of nitrogens with zero attached hydrogens (tertiary/aromatic N) is 1. The molecule has 0 bridgehead atoms. The number of aryl methyl sites for hydroxylation is 2. The van der Waals surface area contributed by atoms with Gasteiger partial charge in [-0.1, -0.05) is 30.3 Å². The van der Waals surface area contributed by atoms with Gasteiger partial charge in [-0.2, -0.15) is 0 Å². The maximum absolute atomic E-state index is 5.72. The zero-order valence-electron chi connectivity index (χ0n) is 13.4. The predicted octanol–water partition coefficient (Wildman–Crippen LogP) is 5.74. The van der Waals surface area contributed by atoms with Crippen molar-refractivity contribution in [2.75, 3.05) is 7.11 Å². The van der Waals surface area contributed by atoms with E-state index in [2.05, 4.69) is 50.2 Å². The van der Waals surface area contributed by atoms with Crippen LogP contribution in [-0.2, 0) is 0 Å². The van der Waals surface area contributed by atoms with Crippen molar-refractivity contribution in [1.82, 2.24) is 4.98 Å². The van der Waals surface area contributed by atoms with Crippen molar-refractivity contribution in [3.63, 3.8) is 0 Å². The predicted molar refractivity (Wildman–Crippen MR) is 98.6 cm³/mol. The van der Waals surface area contributed by atoms with Crippen LogP contribution in [0.15, 0.2) is 48.5 Å². The van der Waals surface area contributed by atoms with Gasteiger partial charge in [-0.05, 0) is 48.6 Å². The first-order chi connectivity index (χ1) is 11.2. The molecule has 0 saturated heterocycles. The summed E-state index contributed by atoms with van der Waals surface area (Å²) < 4.78 is 6.94. The van der Waals surface area contributed by atoms with Crippen molar-refractivity contribution in [2.24, 2.45) is 0 Å². The van der Waals surface area contributed by atoms with Gasteiger partial charge in [-0.25, -0.2) is 4.98 Å². The summed E-state index contributed by atoms with van der Waals surface area (Å²) in [5.74, 6) is 0.899. The minimum absolute atomic E-state index is 0.899. The minimum Gasteiger partial charge on any atom is -0.495 e. The molecule has 0 saturated carbocycles. The van der Waals surface area contributed by atoms with Crippen LogP contribution in [0.2, 0.25) is 0 Å². The summed E-state index contributed by atoms with van der Waals surface area (Å²) in [7, 11) is 1.73. The molecule has 0 N–H and O–H groups in total. The standard InChI is InChI=1S/C20H17NOS/c1-12-10-17-18(11-13(12)2)23-20(21-17)16-9-8-14-6-4-5-7-15(14)19(16)22-3/h4-11H,1-3H3. The second-order valence-corrected chi connectivity index (χ2v) is 6.82. The Kier molecular flexibility index (Phi) is 3.31. The van der Waals surface area contributed by atoms with E-state index in [1.165, 1.54) is 21.2 Å². The van der Waals surface area contributed by atoms with E-state index in [-0.39, 0.29) is 0 Å². The molecule has 2 nitrogen and oxygen atoms in total. The van der Waals surface area contributed by atoms with Gasteiger partial charge in [0.15, 0.2) is 0 Å². The molecule has 1 heterocycles. The molecule has 4 rings (SSSR count). The van der Waals surface area contributed by atoms with Gasteiger partial charge in [0.05, 0.1) is 22.9 Å². The highest BCUT2D eigenvalue weighted by Gasteiger charge is 2.14. The topological polar surface area (TPSA) is 22.1 Å². The molecule has 114 valence electrons. The number of benzene rings is 3. The molecule has 3 aromatic carbocycles. The Bertz CT molecular complexity index is 994. The van der Waals surface area contributed by atoms with Crippen molar-refractivity contribution in [2.45, 2.75) is 13.8 Å². The number of hydrogen-bond acceptors (Lipinski definition) is 3. The molecule has 0 aliphatic heterocycles. The van der Waals surface area contributed by atoms with Gasteiger partial charge in [-0.15, -0.1) is 11.3 Å². The molecule has 3 heteroatoms. The maximum Gasteiger partial charge on any atom is 0.136 e. The van der Waals surface area contributed by atoms with E-state index >= 15 is 0 Å². The van der Waals surface area contributed by atoms with Crippen LogP contribution in [0.25, 0.3) is 31.6 Å². The zero-order valence-corrected chi connectivity index (χ0v) is 14.2. The lowest BCUT2D eigenvalue weighted by molar-refractivity contribution is 0.421. The lowest BCUT2D eigenvalue weighted by Gasteiger charge is -2.09. The van der Waals surface area contributed by atoms with Gasteiger partial charge in [0.2, 0.25) is 0 Å². The Hall–Kier alpha value is -2.39. The first-order valence-corrected chi connectivity index (χ1v) is 8.43. The Morgan fingerprint density at radius 1 is 0.957 bits per heavy atom. The minimum atomic E-state index is 0.899. The van der Waals surface area contributed by atoms with E-state index in [0.717, 1.165) is 27.2 Å². The summed E-state index contributed by atoms with van der Waals surface area (Å²) >= 11 is 1.72. The third-order valence-electron chi connectivity index (χ3n) is 4.32. The average Bonchev–Trinajstić information content (AvgIpc) is 2.96. The van der Waals surface area contributed by atoms with Crippen LogP contribution in [0.1, 0.15) is 11.1 Å². The van der Waals surface area contributed by atoms with Crippen LogP contribution in [0.4, 0.5) is 0 Å². The summed E-state index contributed by atoms with van der Waals surface area (Å²) in [5, 5.41) is 3.31. The number of methoxy groups -OCH3 is 1.